The van der Waals surface area contributed by atoms with Gasteiger partial charge in [0.05, 0.1) is 6.17 Å². The first-order chi connectivity index (χ1) is 28.7. The largest absolute Gasteiger partial charge is 0.312 e. The van der Waals surface area contributed by atoms with Crippen molar-refractivity contribution in [3.63, 3.8) is 0 Å². The number of nitrogens with zero attached hydrogens (tertiary/aromatic N) is 1. The second-order valence-corrected chi connectivity index (χ2v) is 14.9. The fourth-order valence-electron chi connectivity index (χ4n) is 8.56. The number of nitrogens with one attached hydrogen (secondary N) is 1. The van der Waals surface area contributed by atoms with Gasteiger partial charge in [0.2, 0.25) is 0 Å². The van der Waals surface area contributed by atoms with Crippen LogP contribution in [0.5, 0.6) is 0 Å². The van der Waals surface area contributed by atoms with Crippen LogP contribution in [0.3, 0.4) is 0 Å². The maximum Gasteiger partial charge on any atom is 0.127 e. The highest BCUT2D eigenvalue weighted by Crippen LogP contribution is 2.46. The first kappa shape index (κ1) is 35.3. The number of benzene rings is 10. The summed E-state index contributed by atoms with van der Waals surface area (Å²) in [6, 6.07) is 75.6. The molecule has 0 spiro atoms. The Morgan fingerprint density at radius 1 is 0.431 bits per heavy atom. The highest BCUT2D eigenvalue weighted by molar-refractivity contribution is 6.28. The van der Waals surface area contributed by atoms with Crippen LogP contribution < -0.4 is 11.1 Å². The molecule has 276 valence electrons. The van der Waals surface area contributed by atoms with Crippen LogP contribution in [0.15, 0.2) is 217 Å². The molecule has 3 N–H and O–H groups in total. The van der Waals surface area contributed by atoms with Crippen molar-refractivity contribution in [3.8, 4) is 33.4 Å². The van der Waals surface area contributed by atoms with Gasteiger partial charge in [0, 0.05) is 6.21 Å². The van der Waals surface area contributed by atoms with Gasteiger partial charge in [-0.2, -0.15) is 0 Å². The predicted octanol–water partition coefficient (Wildman–Crippen LogP) is 13.7. The Balaban J connectivity index is 1.09. The SMILES string of the molecule is NC(NC(/N=C/c1ccc(-c2c3ccccc3c(-c3ccc4ccccc4c3)c3c2ccc2ccccc23)cc1)c1ccccc1-c1ccccc1)c1ccccc1. The minimum absolute atomic E-state index is 0.393. The quantitative estimate of drug-likeness (QED) is 0.0669. The van der Waals surface area contributed by atoms with E-state index in [0.717, 1.165) is 33.4 Å². The zero-order valence-corrected chi connectivity index (χ0v) is 32.0. The monoisotopic (exact) mass is 743 g/mol. The average Bonchev–Trinajstić information content (AvgIpc) is 3.30. The molecule has 0 fully saturated rings. The van der Waals surface area contributed by atoms with Crippen molar-refractivity contribution in [2.75, 3.05) is 0 Å². The van der Waals surface area contributed by atoms with Crippen molar-refractivity contribution < 1.29 is 0 Å². The molecule has 2 atom stereocenters. The second-order valence-electron chi connectivity index (χ2n) is 14.9. The van der Waals surface area contributed by atoms with Crippen molar-refractivity contribution in [1.82, 2.24) is 5.32 Å². The van der Waals surface area contributed by atoms with Crippen molar-refractivity contribution in [1.29, 1.82) is 0 Å². The summed E-state index contributed by atoms with van der Waals surface area (Å²) >= 11 is 0. The molecule has 0 radical (unpaired) electrons. The maximum atomic E-state index is 6.79. The van der Waals surface area contributed by atoms with Crippen LogP contribution in [0.25, 0.3) is 76.5 Å². The van der Waals surface area contributed by atoms with Gasteiger partial charge < -0.3 is 5.73 Å². The highest BCUT2D eigenvalue weighted by atomic mass is 15.1. The van der Waals surface area contributed by atoms with E-state index in [1.165, 1.54) is 59.8 Å². The lowest BCUT2D eigenvalue weighted by Gasteiger charge is -2.23. The molecule has 0 amide bonds. The third-order valence-corrected chi connectivity index (χ3v) is 11.4. The van der Waals surface area contributed by atoms with Gasteiger partial charge in [-0.05, 0) is 99.2 Å². The summed E-state index contributed by atoms with van der Waals surface area (Å²) in [6.07, 6.45) is 1.16. The number of fused-ring (bicyclic) bond motifs is 5. The molecule has 0 aromatic heterocycles. The predicted molar refractivity (Wildman–Crippen MR) is 246 cm³/mol. The minimum atomic E-state index is -0.412. The molecule has 0 aliphatic heterocycles. The van der Waals surface area contributed by atoms with Gasteiger partial charge in [-0.25, -0.2) is 0 Å². The molecule has 2 unspecified atom stereocenters. The number of hydrogen-bond acceptors (Lipinski definition) is 3. The van der Waals surface area contributed by atoms with Crippen LogP contribution in [0.1, 0.15) is 29.0 Å². The van der Waals surface area contributed by atoms with Crippen molar-refractivity contribution >= 4 is 49.3 Å². The molecular formula is C55H41N3. The van der Waals surface area contributed by atoms with Gasteiger partial charge in [-0.1, -0.05) is 206 Å². The van der Waals surface area contributed by atoms with E-state index < -0.39 is 12.3 Å². The van der Waals surface area contributed by atoms with E-state index in [1.54, 1.807) is 0 Å². The summed E-state index contributed by atoms with van der Waals surface area (Å²) < 4.78 is 0. The molecule has 10 aromatic carbocycles. The molecule has 0 aliphatic rings. The van der Waals surface area contributed by atoms with Crippen molar-refractivity contribution in [3.05, 3.63) is 229 Å². The first-order valence-corrected chi connectivity index (χ1v) is 19.9. The summed E-state index contributed by atoms with van der Waals surface area (Å²) in [6.45, 7) is 0. The van der Waals surface area contributed by atoms with E-state index in [4.69, 9.17) is 10.7 Å². The molecule has 3 nitrogen and oxygen atoms in total. The molecule has 0 saturated heterocycles. The fourth-order valence-corrected chi connectivity index (χ4v) is 8.56. The topological polar surface area (TPSA) is 50.4 Å². The van der Waals surface area contributed by atoms with Crippen LogP contribution in [0.2, 0.25) is 0 Å². The van der Waals surface area contributed by atoms with Crippen LogP contribution >= 0.6 is 0 Å². The minimum Gasteiger partial charge on any atom is -0.312 e. The summed E-state index contributed by atoms with van der Waals surface area (Å²) in [5, 5.41) is 13.6. The molecule has 10 rings (SSSR count). The van der Waals surface area contributed by atoms with E-state index in [9.17, 15) is 0 Å². The van der Waals surface area contributed by atoms with E-state index in [0.29, 0.717) is 0 Å². The Morgan fingerprint density at radius 3 is 1.79 bits per heavy atom. The molecule has 58 heavy (non-hydrogen) atoms. The Labute approximate surface area is 338 Å². The summed E-state index contributed by atoms with van der Waals surface area (Å²) in [5.41, 5.74) is 17.0. The van der Waals surface area contributed by atoms with Crippen LogP contribution in [-0.4, -0.2) is 6.21 Å². The lowest BCUT2D eigenvalue weighted by atomic mass is 9.83. The maximum absolute atomic E-state index is 6.79. The Morgan fingerprint density at radius 2 is 1.02 bits per heavy atom. The van der Waals surface area contributed by atoms with Gasteiger partial charge in [-0.3, -0.25) is 10.3 Å². The van der Waals surface area contributed by atoms with Gasteiger partial charge in [0.25, 0.3) is 0 Å². The zero-order valence-electron chi connectivity index (χ0n) is 32.0. The summed E-state index contributed by atoms with van der Waals surface area (Å²) in [7, 11) is 0. The molecule has 0 aliphatic carbocycles. The Bertz CT molecular complexity index is 3100. The van der Waals surface area contributed by atoms with E-state index in [1.807, 2.05) is 42.6 Å². The standard InChI is InChI=1S/C55H41N3/c56-54(42-19-5-2-6-20-42)58-55(49-26-14-11-22-45(49)39-16-3-1-4-17-39)57-36-37-27-29-41(30-28-37)51-47-24-12-13-25-48(47)52(44-32-31-38-15-7-8-21-43(38)35-44)53-46-23-10-9-18-40(46)33-34-50(51)53/h1-36,54-55,58H,56H2/b57-36+. The number of hydrogen-bond donors (Lipinski definition) is 2. The molecule has 0 heterocycles. The van der Waals surface area contributed by atoms with Crippen molar-refractivity contribution in [2.45, 2.75) is 12.3 Å². The van der Waals surface area contributed by atoms with Crippen LogP contribution in [0.4, 0.5) is 0 Å². The van der Waals surface area contributed by atoms with Gasteiger partial charge in [0.1, 0.15) is 6.17 Å². The zero-order chi connectivity index (χ0) is 38.8. The highest BCUT2D eigenvalue weighted by Gasteiger charge is 2.20. The summed E-state index contributed by atoms with van der Waals surface area (Å²) in [4.78, 5) is 5.20. The van der Waals surface area contributed by atoms with Crippen molar-refractivity contribution in [2.24, 2.45) is 10.7 Å². The molecular weight excluding hydrogens is 703 g/mol. The molecule has 0 bridgehead atoms. The lowest BCUT2D eigenvalue weighted by molar-refractivity contribution is 0.468. The van der Waals surface area contributed by atoms with Gasteiger partial charge in [0.15, 0.2) is 0 Å². The molecule has 10 aromatic rings. The first-order valence-electron chi connectivity index (χ1n) is 19.9. The number of nitrogens with two attached hydrogens (primary N) is 1. The lowest BCUT2D eigenvalue weighted by Crippen LogP contribution is -2.32. The Kier molecular flexibility index (Phi) is 9.36. The fraction of sp³-hybridized carbons (Fsp3) is 0.0364. The van der Waals surface area contributed by atoms with E-state index >= 15 is 0 Å². The van der Waals surface area contributed by atoms with Crippen LogP contribution in [0, 0.1) is 0 Å². The Hall–Kier alpha value is -7.17. The van der Waals surface area contributed by atoms with Gasteiger partial charge in [-0.15, -0.1) is 0 Å². The van der Waals surface area contributed by atoms with Crippen LogP contribution in [-0.2, 0) is 0 Å². The normalized spacial score (nSPS) is 12.8. The number of rotatable bonds is 9. The smallest absolute Gasteiger partial charge is 0.127 e. The summed E-state index contributed by atoms with van der Waals surface area (Å²) in [5.74, 6) is 0. The third-order valence-electron chi connectivity index (χ3n) is 11.4. The molecule has 0 saturated carbocycles. The average molecular weight is 744 g/mol. The van der Waals surface area contributed by atoms with E-state index in [-0.39, 0.29) is 0 Å². The molecule has 3 heteroatoms. The third kappa shape index (κ3) is 6.63. The van der Waals surface area contributed by atoms with E-state index in [2.05, 4.69) is 181 Å². The number of aliphatic imine (C=N–C) groups is 1. The second kappa shape index (κ2) is 15.4. The van der Waals surface area contributed by atoms with Gasteiger partial charge >= 0.3 is 0 Å².